The van der Waals surface area contributed by atoms with Gasteiger partial charge >= 0.3 is 12.4 Å². The molecule has 0 bridgehead atoms. The Kier molecular flexibility index (Phi) is 3.41. The van der Waals surface area contributed by atoms with Gasteiger partial charge in [0.25, 0.3) is 0 Å². The Morgan fingerprint density at radius 3 is 2.00 bits per heavy atom. The fourth-order valence-corrected chi connectivity index (χ4v) is 1.48. The molecule has 0 fully saturated rings. The van der Waals surface area contributed by atoms with Crippen LogP contribution in [0.3, 0.4) is 0 Å². The summed E-state index contributed by atoms with van der Waals surface area (Å²) in [5, 5.41) is 0. The molecule has 0 aliphatic carbocycles. The van der Waals surface area contributed by atoms with Crippen molar-refractivity contribution < 1.29 is 26.3 Å². The summed E-state index contributed by atoms with van der Waals surface area (Å²) in [6.07, 6.45) is -8.61. The molecule has 0 saturated carbocycles. The van der Waals surface area contributed by atoms with Gasteiger partial charge in [-0.25, -0.2) is 4.98 Å². The summed E-state index contributed by atoms with van der Waals surface area (Å²) in [5.74, 6) is 0. The lowest BCUT2D eigenvalue weighted by atomic mass is 10.1. The van der Waals surface area contributed by atoms with Crippen molar-refractivity contribution in [3.8, 4) is 11.4 Å². The molecule has 0 amide bonds. The first kappa shape index (κ1) is 14.3. The van der Waals surface area contributed by atoms with Crippen LogP contribution < -0.4 is 0 Å². The molecule has 0 atom stereocenters. The van der Waals surface area contributed by atoms with Crippen molar-refractivity contribution in [2.75, 3.05) is 0 Å². The molecular formula is C12H6F6N2. The number of pyridine rings is 2. The predicted molar refractivity (Wildman–Crippen MR) is 57.5 cm³/mol. The van der Waals surface area contributed by atoms with Crippen LogP contribution in [0.25, 0.3) is 11.4 Å². The molecule has 0 N–H and O–H groups in total. The van der Waals surface area contributed by atoms with Crippen LogP contribution in [0.5, 0.6) is 0 Å². The van der Waals surface area contributed by atoms with E-state index in [0.29, 0.717) is 6.07 Å². The highest BCUT2D eigenvalue weighted by molar-refractivity contribution is 5.55. The van der Waals surface area contributed by atoms with Gasteiger partial charge in [-0.1, -0.05) is 6.07 Å². The molecule has 2 aromatic heterocycles. The van der Waals surface area contributed by atoms with E-state index in [4.69, 9.17) is 0 Å². The third kappa shape index (κ3) is 3.06. The van der Waals surface area contributed by atoms with Crippen LogP contribution in [0.1, 0.15) is 11.3 Å². The van der Waals surface area contributed by atoms with E-state index < -0.39 is 29.3 Å². The fraction of sp³-hybridized carbons (Fsp3) is 0.167. The zero-order chi connectivity index (χ0) is 15.0. The largest absolute Gasteiger partial charge is 0.433 e. The van der Waals surface area contributed by atoms with E-state index in [9.17, 15) is 26.3 Å². The van der Waals surface area contributed by atoms with Crippen molar-refractivity contribution in [1.29, 1.82) is 0 Å². The van der Waals surface area contributed by atoms with Crippen molar-refractivity contribution in [2.24, 2.45) is 0 Å². The van der Waals surface area contributed by atoms with E-state index >= 15 is 0 Å². The van der Waals surface area contributed by atoms with E-state index in [2.05, 4.69) is 9.97 Å². The van der Waals surface area contributed by atoms with Gasteiger partial charge in [-0.2, -0.15) is 26.3 Å². The van der Waals surface area contributed by atoms with Crippen LogP contribution in [-0.2, 0) is 12.4 Å². The molecule has 0 unspecified atom stereocenters. The fourth-order valence-electron chi connectivity index (χ4n) is 1.48. The molecule has 0 spiro atoms. The van der Waals surface area contributed by atoms with Gasteiger partial charge in [-0.15, -0.1) is 0 Å². The maximum atomic E-state index is 12.6. The van der Waals surface area contributed by atoms with Crippen molar-refractivity contribution in [1.82, 2.24) is 9.97 Å². The highest BCUT2D eigenvalue weighted by Crippen LogP contribution is 2.36. The summed E-state index contributed by atoms with van der Waals surface area (Å²) in [5.41, 5.74) is -3.56. The summed E-state index contributed by atoms with van der Waals surface area (Å²) >= 11 is 0. The van der Waals surface area contributed by atoms with Crippen molar-refractivity contribution in [3.05, 3.63) is 47.8 Å². The molecule has 0 aliphatic rings. The summed E-state index contributed by atoms with van der Waals surface area (Å²) < 4.78 is 75.7. The Morgan fingerprint density at radius 2 is 1.50 bits per heavy atom. The quantitative estimate of drug-likeness (QED) is 0.737. The number of halogens is 6. The van der Waals surface area contributed by atoms with Gasteiger partial charge in [-0.3, -0.25) is 4.98 Å². The maximum Gasteiger partial charge on any atom is 0.433 e. The first-order valence-electron chi connectivity index (χ1n) is 5.26. The molecule has 0 aromatic carbocycles. The standard InChI is InChI=1S/C12H6F6N2/c13-11(14,15)7-5-9(8-3-1-2-4-19-8)20-10(6-7)12(16,17)18/h1-6H. The smallest absolute Gasteiger partial charge is 0.255 e. The second kappa shape index (κ2) is 4.77. The van der Waals surface area contributed by atoms with Gasteiger partial charge in [-0.05, 0) is 24.3 Å². The normalized spacial score (nSPS) is 12.5. The molecule has 106 valence electrons. The minimum absolute atomic E-state index is 0.0214. The molecule has 0 aliphatic heterocycles. The molecule has 0 radical (unpaired) electrons. The van der Waals surface area contributed by atoms with Crippen LogP contribution in [-0.4, -0.2) is 9.97 Å². The van der Waals surface area contributed by atoms with Crippen molar-refractivity contribution in [3.63, 3.8) is 0 Å². The first-order chi connectivity index (χ1) is 9.18. The molecule has 2 nitrogen and oxygen atoms in total. The van der Waals surface area contributed by atoms with E-state index in [1.165, 1.54) is 24.4 Å². The molecule has 2 heterocycles. The average Bonchev–Trinajstić information content (AvgIpc) is 2.37. The van der Waals surface area contributed by atoms with Crippen LogP contribution >= 0.6 is 0 Å². The zero-order valence-electron chi connectivity index (χ0n) is 9.63. The summed E-state index contributed by atoms with van der Waals surface area (Å²) in [6, 6.07) is 4.73. The van der Waals surface area contributed by atoms with E-state index in [1.807, 2.05) is 0 Å². The SMILES string of the molecule is FC(F)(F)c1cc(-c2ccccn2)nc(C(F)(F)F)c1. The van der Waals surface area contributed by atoms with Crippen LogP contribution in [0.2, 0.25) is 0 Å². The summed E-state index contributed by atoms with van der Waals surface area (Å²) in [4.78, 5) is 6.90. The Balaban J connectivity index is 2.64. The van der Waals surface area contributed by atoms with Crippen LogP contribution in [0, 0.1) is 0 Å². The minimum atomic E-state index is -4.97. The number of hydrogen-bond donors (Lipinski definition) is 0. The number of aromatic nitrogens is 2. The molecule has 8 heteroatoms. The Morgan fingerprint density at radius 1 is 0.800 bits per heavy atom. The Hall–Kier alpha value is -2.12. The van der Waals surface area contributed by atoms with Gasteiger partial charge in [0, 0.05) is 6.20 Å². The minimum Gasteiger partial charge on any atom is -0.255 e. The monoisotopic (exact) mass is 292 g/mol. The lowest BCUT2D eigenvalue weighted by Crippen LogP contribution is -2.13. The Bertz CT molecular complexity index is 571. The second-order valence-corrected chi connectivity index (χ2v) is 3.84. The number of nitrogens with zero attached hydrogens (tertiary/aromatic N) is 2. The molecule has 2 aromatic rings. The first-order valence-corrected chi connectivity index (χ1v) is 5.26. The molecular weight excluding hydrogens is 286 g/mol. The second-order valence-electron chi connectivity index (χ2n) is 3.84. The van der Waals surface area contributed by atoms with Gasteiger partial charge in [0.05, 0.1) is 17.0 Å². The van der Waals surface area contributed by atoms with Crippen molar-refractivity contribution >= 4 is 0 Å². The summed E-state index contributed by atoms with van der Waals surface area (Å²) in [6.45, 7) is 0. The number of hydrogen-bond acceptors (Lipinski definition) is 2. The third-order valence-electron chi connectivity index (χ3n) is 2.37. The zero-order valence-corrected chi connectivity index (χ0v) is 9.63. The maximum absolute atomic E-state index is 12.6. The van der Waals surface area contributed by atoms with Crippen molar-refractivity contribution in [2.45, 2.75) is 12.4 Å². The van der Waals surface area contributed by atoms with Crippen LogP contribution in [0.4, 0.5) is 26.3 Å². The number of alkyl halides is 6. The molecule has 20 heavy (non-hydrogen) atoms. The predicted octanol–water partition coefficient (Wildman–Crippen LogP) is 4.18. The lowest BCUT2D eigenvalue weighted by Gasteiger charge is -2.12. The summed E-state index contributed by atoms with van der Waals surface area (Å²) in [7, 11) is 0. The van der Waals surface area contributed by atoms with Gasteiger partial charge in [0.2, 0.25) is 0 Å². The highest BCUT2D eigenvalue weighted by atomic mass is 19.4. The van der Waals surface area contributed by atoms with E-state index in [-0.39, 0.29) is 11.8 Å². The number of rotatable bonds is 1. The Labute approximate surface area is 109 Å². The highest BCUT2D eigenvalue weighted by Gasteiger charge is 2.38. The van der Waals surface area contributed by atoms with Crippen LogP contribution in [0.15, 0.2) is 36.5 Å². The molecule has 0 saturated heterocycles. The average molecular weight is 292 g/mol. The molecule has 2 rings (SSSR count). The topological polar surface area (TPSA) is 25.8 Å². The van der Waals surface area contributed by atoms with Gasteiger partial charge in [0.1, 0.15) is 5.69 Å². The van der Waals surface area contributed by atoms with E-state index in [0.717, 1.165) is 0 Å². The lowest BCUT2D eigenvalue weighted by molar-refractivity contribution is -0.145. The third-order valence-corrected chi connectivity index (χ3v) is 2.37. The van der Waals surface area contributed by atoms with Gasteiger partial charge in [0.15, 0.2) is 0 Å². The van der Waals surface area contributed by atoms with E-state index in [1.54, 1.807) is 0 Å². The van der Waals surface area contributed by atoms with Gasteiger partial charge < -0.3 is 0 Å².